The van der Waals surface area contributed by atoms with Crippen LogP contribution >= 0.6 is 22.7 Å². The quantitative estimate of drug-likeness (QED) is 0.110. The number of carbonyl (C=O) groups is 4. The monoisotopic (exact) mass is 618 g/mol. The largest absolute Gasteiger partial charge is 0.493 e. The molecule has 0 saturated heterocycles. The van der Waals surface area contributed by atoms with Crippen molar-refractivity contribution in [3.63, 3.8) is 0 Å². The van der Waals surface area contributed by atoms with Crippen LogP contribution in [0.5, 0.6) is 23.0 Å². The van der Waals surface area contributed by atoms with E-state index in [4.69, 9.17) is 29.2 Å². The Kier molecular flexibility index (Phi) is 9.96. The summed E-state index contributed by atoms with van der Waals surface area (Å²) < 4.78 is 38.9. The van der Waals surface area contributed by atoms with Crippen LogP contribution in [0.25, 0.3) is 20.2 Å². The van der Waals surface area contributed by atoms with E-state index in [1.807, 2.05) is 0 Å². The van der Waals surface area contributed by atoms with Gasteiger partial charge in [-0.05, 0) is 23.6 Å². The normalized spacial score (nSPS) is 11.0. The van der Waals surface area contributed by atoms with E-state index in [-0.39, 0.29) is 72.2 Å². The zero-order chi connectivity index (χ0) is 30.4. The molecule has 222 valence electrons. The van der Waals surface area contributed by atoms with E-state index in [9.17, 15) is 19.2 Å². The lowest BCUT2D eigenvalue weighted by Gasteiger charge is -2.13. The summed E-state index contributed by atoms with van der Waals surface area (Å²) in [6.07, 6.45) is -0.440. The molecule has 0 radical (unpaired) electrons. The number of fused-ring (bicyclic) bond motifs is 2. The lowest BCUT2D eigenvalue weighted by Crippen LogP contribution is -2.07. The average Bonchev–Trinajstić information content (AvgIpc) is 3.59. The second kappa shape index (κ2) is 13.6. The van der Waals surface area contributed by atoms with E-state index < -0.39 is 17.8 Å². The number of rotatable bonds is 16. The Morgan fingerprint density at radius 3 is 1.90 bits per heavy atom. The molecule has 2 aromatic heterocycles. The molecule has 0 aliphatic heterocycles. The molecule has 0 amide bonds. The molecule has 0 fully saturated rings. The minimum absolute atomic E-state index is 0.0825. The molecular weight excluding hydrogens is 591 g/mol. The molecule has 0 unspecified atom stereocenters. The number of aliphatic carboxylic acids is 2. The van der Waals surface area contributed by atoms with E-state index >= 15 is 4.39 Å². The van der Waals surface area contributed by atoms with Gasteiger partial charge in [-0.2, -0.15) is 0 Å². The van der Waals surface area contributed by atoms with Crippen LogP contribution in [0.3, 0.4) is 0 Å². The van der Waals surface area contributed by atoms with Crippen molar-refractivity contribution < 1.29 is 52.7 Å². The molecule has 0 aliphatic rings. The van der Waals surface area contributed by atoms with Crippen LogP contribution in [0.1, 0.15) is 51.4 Å². The number of ketones is 2. The summed E-state index contributed by atoms with van der Waals surface area (Å²) in [5, 5.41) is 18.6. The summed E-state index contributed by atoms with van der Waals surface area (Å²) in [6.45, 7) is 0.281. The van der Waals surface area contributed by atoms with Crippen LogP contribution in [0.4, 0.5) is 4.39 Å². The zero-order valence-corrected chi connectivity index (χ0v) is 24.3. The van der Waals surface area contributed by atoms with Crippen molar-refractivity contribution in [2.45, 2.75) is 32.1 Å². The molecule has 2 N–H and O–H groups in total. The average molecular weight is 619 g/mol. The zero-order valence-electron chi connectivity index (χ0n) is 22.7. The maximum Gasteiger partial charge on any atom is 0.303 e. The van der Waals surface area contributed by atoms with Gasteiger partial charge in [-0.15, -0.1) is 22.7 Å². The van der Waals surface area contributed by atoms with Crippen molar-refractivity contribution in [2.24, 2.45) is 0 Å². The predicted octanol–water partition coefficient (Wildman–Crippen LogP) is 6.22. The highest BCUT2D eigenvalue weighted by Gasteiger charge is 2.21. The molecule has 42 heavy (non-hydrogen) atoms. The third kappa shape index (κ3) is 7.15. The molecule has 4 aromatic rings. The maximum atomic E-state index is 15.4. The maximum absolute atomic E-state index is 15.4. The number of halogens is 1. The summed E-state index contributed by atoms with van der Waals surface area (Å²) >= 11 is 2.30. The number of hydrogen-bond donors (Lipinski definition) is 2. The van der Waals surface area contributed by atoms with Gasteiger partial charge in [0.05, 0.1) is 50.0 Å². The third-order valence-corrected chi connectivity index (χ3v) is 8.44. The summed E-state index contributed by atoms with van der Waals surface area (Å²) in [5.41, 5.74) is 0. The van der Waals surface area contributed by atoms with E-state index in [1.165, 1.54) is 31.6 Å². The first-order valence-electron chi connectivity index (χ1n) is 12.8. The Labute approximate surface area is 247 Å². The predicted molar refractivity (Wildman–Crippen MR) is 155 cm³/mol. The molecule has 2 heterocycles. The van der Waals surface area contributed by atoms with Crippen LogP contribution in [0.15, 0.2) is 30.3 Å². The molecule has 13 heteroatoms. The van der Waals surface area contributed by atoms with Gasteiger partial charge in [0.1, 0.15) is 0 Å². The van der Waals surface area contributed by atoms with Gasteiger partial charge in [0.15, 0.2) is 40.4 Å². The van der Waals surface area contributed by atoms with E-state index in [1.54, 1.807) is 24.3 Å². The molecule has 0 saturated carbocycles. The van der Waals surface area contributed by atoms with Gasteiger partial charge < -0.3 is 29.2 Å². The van der Waals surface area contributed by atoms with Crippen LogP contribution in [0.2, 0.25) is 0 Å². The Hall–Kier alpha value is -4.23. The highest BCUT2D eigenvalue weighted by molar-refractivity contribution is 7.21. The second-order valence-corrected chi connectivity index (χ2v) is 11.2. The molecule has 0 bridgehead atoms. The van der Waals surface area contributed by atoms with E-state index in [0.29, 0.717) is 27.5 Å². The molecule has 10 nitrogen and oxygen atoms in total. The van der Waals surface area contributed by atoms with Crippen LogP contribution < -0.4 is 18.9 Å². The number of carboxylic acids is 2. The number of benzene rings is 2. The molecule has 4 rings (SSSR count). The van der Waals surface area contributed by atoms with Gasteiger partial charge in [-0.25, -0.2) is 4.39 Å². The van der Waals surface area contributed by atoms with Crippen molar-refractivity contribution in [2.75, 3.05) is 27.4 Å². The first kappa shape index (κ1) is 30.7. The van der Waals surface area contributed by atoms with E-state index in [2.05, 4.69) is 0 Å². The lowest BCUT2D eigenvalue weighted by atomic mass is 10.1. The van der Waals surface area contributed by atoms with Crippen molar-refractivity contribution >= 4 is 66.4 Å². The lowest BCUT2D eigenvalue weighted by molar-refractivity contribution is -0.137. The molecule has 2 aromatic carbocycles. The third-order valence-electron chi connectivity index (χ3n) is 6.18. The topological polar surface area (TPSA) is 146 Å². The van der Waals surface area contributed by atoms with Crippen molar-refractivity contribution in [3.8, 4) is 23.0 Å². The Morgan fingerprint density at radius 1 is 0.714 bits per heavy atom. The number of thiophene rings is 2. The number of Topliss-reactive ketones (excluding diaryl/α,β-unsaturated/α-hetero) is 2. The fraction of sp³-hybridized carbons (Fsp3) is 0.310. The fourth-order valence-electron chi connectivity index (χ4n) is 4.08. The van der Waals surface area contributed by atoms with Gasteiger partial charge in [0, 0.05) is 46.2 Å². The van der Waals surface area contributed by atoms with Crippen molar-refractivity contribution in [1.29, 1.82) is 0 Å². The molecular formula is C29H27FO10S2. The summed E-state index contributed by atoms with van der Waals surface area (Å²) in [4.78, 5) is 46.9. The van der Waals surface area contributed by atoms with Gasteiger partial charge in [0.25, 0.3) is 0 Å². The van der Waals surface area contributed by atoms with Crippen molar-refractivity contribution in [1.82, 2.24) is 0 Å². The molecule has 0 atom stereocenters. The first-order chi connectivity index (χ1) is 20.1. The first-order valence-corrected chi connectivity index (χ1v) is 14.4. The van der Waals surface area contributed by atoms with Gasteiger partial charge in [-0.1, -0.05) is 0 Å². The minimum atomic E-state index is -1.09. The highest BCUT2D eigenvalue weighted by atomic mass is 32.1. The number of carboxylic acid groups (broad SMARTS) is 2. The number of methoxy groups -OCH3 is 2. The highest BCUT2D eigenvalue weighted by Crippen LogP contribution is 2.41. The van der Waals surface area contributed by atoms with Crippen molar-refractivity contribution in [3.05, 3.63) is 45.9 Å². The Morgan fingerprint density at radius 2 is 1.29 bits per heavy atom. The number of hydrogen-bond acceptors (Lipinski definition) is 10. The fourth-order valence-corrected chi connectivity index (χ4v) is 6.18. The molecule has 0 aliphatic carbocycles. The number of carbonyl (C=O) groups excluding carboxylic acids is 2. The van der Waals surface area contributed by atoms with Gasteiger partial charge >= 0.3 is 11.9 Å². The summed E-state index contributed by atoms with van der Waals surface area (Å²) in [7, 11) is 2.87. The molecule has 0 spiro atoms. The van der Waals surface area contributed by atoms with E-state index in [0.717, 1.165) is 21.4 Å². The van der Waals surface area contributed by atoms with Gasteiger partial charge in [-0.3, -0.25) is 19.2 Å². The standard InChI is InChI=1S/C29H27FO10S2/c1-37-19-10-15-11-24(17(31)4-6-26(33)34)41-22(15)13-20(19)39-8-3-9-40-29-21(38-2)14-23-16(28(29)30)12-25(42-23)18(32)5-7-27(35)36/h10-14H,3-9H2,1-2H3,(H,33,34)(H,35,36). The summed E-state index contributed by atoms with van der Waals surface area (Å²) in [5.74, 6) is -2.48. The second-order valence-electron chi connectivity index (χ2n) is 9.08. The number of ether oxygens (including phenoxy) is 4. The SMILES string of the molecule is COc1cc2cc(C(=O)CCC(=O)O)sc2cc1OCCCOc1c(OC)cc2sc(C(=O)CCC(=O)O)cc2c1F. The minimum Gasteiger partial charge on any atom is -0.493 e. The van der Waals surface area contributed by atoms with Crippen LogP contribution in [-0.2, 0) is 9.59 Å². The van der Waals surface area contributed by atoms with Crippen LogP contribution in [0, 0.1) is 5.82 Å². The Bertz CT molecular complexity index is 1660. The smallest absolute Gasteiger partial charge is 0.303 e. The Balaban J connectivity index is 1.40. The van der Waals surface area contributed by atoms with Crippen LogP contribution in [-0.4, -0.2) is 61.2 Å². The summed E-state index contributed by atoms with van der Waals surface area (Å²) in [6, 6.07) is 8.15. The van der Waals surface area contributed by atoms with Gasteiger partial charge in [0.2, 0.25) is 0 Å².